The van der Waals surface area contributed by atoms with Gasteiger partial charge in [-0.1, -0.05) is 112 Å². The minimum absolute atomic E-state index is 0.119. The van der Waals surface area contributed by atoms with Crippen molar-refractivity contribution >= 4 is 33.1 Å². The number of rotatable bonds is 4. The number of pyridine rings is 1. The van der Waals surface area contributed by atoms with Gasteiger partial charge in [0, 0.05) is 16.3 Å². The summed E-state index contributed by atoms with van der Waals surface area (Å²) in [6.07, 6.45) is 0. The van der Waals surface area contributed by atoms with Gasteiger partial charge in [-0.15, -0.1) is 0 Å². The van der Waals surface area contributed by atoms with E-state index in [1.165, 1.54) is 16.7 Å². The Hall–Kier alpha value is -5.48. The topological polar surface area (TPSA) is 43.9 Å². The molecule has 5 aromatic carbocycles. The smallest absolute Gasteiger partial charge is 0.227 e. The van der Waals surface area contributed by atoms with Crippen molar-refractivity contribution in [3.05, 3.63) is 139 Å². The van der Waals surface area contributed by atoms with Crippen LogP contribution in [0, 0.1) is 0 Å². The highest BCUT2D eigenvalue weighted by molar-refractivity contribution is 6.09. The van der Waals surface area contributed by atoms with Crippen LogP contribution in [0.2, 0.25) is 0 Å². The zero-order chi connectivity index (χ0) is 29.8. The molecule has 0 spiro atoms. The summed E-state index contributed by atoms with van der Waals surface area (Å²) in [4.78, 5) is 10.2. The molecule has 0 aliphatic carbocycles. The molecule has 0 aliphatic rings. The van der Waals surface area contributed by atoms with E-state index in [9.17, 15) is 0 Å². The van der Waals surface area contributed by atoms with Crippen molar-refractivity contribution in [3.8, 4) is 39.5 Å². The number of benzene rings is 5. The molecule has 0 fully saturated rings. The molecule has 0 radical (unpaired) electrons. The molecule has 0 saturated heterocycles. The molecule has 0 N–H and O–H groups in total. The Bertz CT molecular complexity index is 2310. The molecule has 0 aliphatic heterocycles. The maximum absolute atomic E-state index is 6.60. The second-order valence-electron chi connectivity index (χ2n) is 12.3. The summed E-state index contributed by atoms with van der Waals surface area (Å²) in [5.74, 6) is 0.845. The van der Waals surface area contributed by atoms with Crippen molar-refractivity contribution in [3.63, 3.8) is 0 Å². The fourth-order valence-corrected chi connectivity index (χ4v) is 6.22. The zero-order valence-corrected chi connectivity index (χ0v) is 25.0. The highest BCUT2D eigenvalue weighted by Crippen LogP contribution is 2.40. The molecule has 8 rings (SSSR count). The van der Waals surface area contributed by atoms with E-state index in [0.29, 0.717) is 5.71 Å². The van der Waals surface area contributed by atoms with Crippen LogP contribution in [0.4, 0.5) is 0 Å². The number of fused-ring (bicyclic) bond motifs is 4. The Kier molecular flexibility index (Phi) is 5.98. The normalized spacial score (nSPS) is 12.0. The molecule has 3 aromatic heterocycles. The van der Waals surface area contributed by atoms with Crippen LogP contribution in [0.25, 0.3) is 72.6 Å². The lowest BCUT2D eigenvalue weighted by Crippen LogP contribution is -2.16. The predicted molar refractivity (Wildman–Crippen MR) is 181 cm³/mol. The Morgan fingerprint density at radius 3 is 2.09 bits per heavy atom. The largest absolute Gasteiger partial charge is 0.437 e. The average molecular weight is 570 g/mol. The van der Waals surface area contributed by atoms with Gasteiger partial charge in [-0.2, -0.15) is 0 Å². The van der Waals surface area contributed by atoms with Crippen molar-refractivity contribution in [2.45, 2.75) is 26.2 Å². The van der Waals surface area contributed by atoms with Gasteiger partial charge in [0.15, 0.2) is 0 Å². The van der Waals surface area contributed by atoms with Gasteiger partial charge in [0.25, 0.3) is 0 Å². The fourth-order valence-electron chi connectivity index (χ4n) is 6.22. The number of hydrogen-bond donors (Lipinski definition) is 0. The number of aromatic nitrogens is 3. The Morgan fingerprint density at radius 1 is 0.591 bits per heavy atom. The highest BCUT2D eigenvalue weighted by Gasteiger charge is 2.25. The van der Waals surface area contributed by atoms with Crippen molar-refractivity contribution in [2.24, 2.45) is 0 Å². The molecule has 3 heterocycles. The van der Waals surface area contributed by atoms with E-state index < -0.39 is 0 Å². The van der Waals surface area contributed by atoms with E-state index >= 15 is 0 Å². The van der Waals surface area contributed by atoms with Gasteiger partial charge in [-0.05, 0) is 64.6 Å². The first-order valence-corrected chi connectivity index (χ1v) is 15.0. The van der Waals surface area contributed by atoms with E-state index in [1.807, 2.05) is 24.3 Å². The first kappa shape index (κ1) is 26.2. The number of para-hydroxylation sites is 3. The molecule has 0 saturated carbocycles. The minimum Gasteiger partial charge on any atom is -0.437 e. The third kappa shape index (κ3) is 4.30. The quantitative estimate of drug-likeness (QED) is 0.212. The number of hydrogen-bond acceptors (Lipinski definition) is 3. The summed E-state index contributed by atoms with van der Waals surface area (Å²) >= 11 is 0. The van der Waals surface area contributed by atoms with Crippen LogP contribution in [0.5, 0.6) is 0 Å². The summed E-state index contributed by atoms with van der Waals surface area (Å²) in [7, 11) is 0. The van der Waals surface area contributed by atoms with Crippen LogP contribution in [0.1, 0.15) is 26.3 Å². The van der Waals surface area contributed by atoms with Gasteiger partial charge in [-0.3, -0.25) is 4.57 Å². The lowest BCUT2D eigenvalue weighted by Gasteiger charge is -2.25. The van der Waals surface area contributed by atoms with Gasteiger partial charge in [0.1, 0.15) is 11.4 Å². The van der Waals surface area contributed by atoms with Gasteiger partial charge >= 0.3 is 0 Å². The van der Waals surface area contributed by atoms with E-state index in [1.54, 1.807) is 0 Å². The van der Waals surface area contributed by atoms with Gasteiger partial charge in [0.05, 0.1) is 28.0 Å². The monoisotopic (exact) mass is 569 g/mol. The van der Waals surface area contributed by atoms with Crippen LogP contribution in [-0.2, 0) is 5.41 Å². The highest BCUT2D eigenvalue weighted by atomic mass is 16.3. The first-order chi connectivity index (χ1) is 21.5. The van der Waals surface area contributed by atoms with Crippen molar-refractivity contribution in [2.75, 3.05) is 0 Å². The zero-order valence-electron chi connectivity index (χ0n) is 25.0. The first-order valence-electron chi connectivity index (χ1n) is 15.0. The predicted octanol–water partition coefficient (Wildman–Crippen LogP) is 10.6. The lowest BCUT2D eigenvalue weighted by molar-refractivity contribution is 0.587. The van der Waals surface area contributed by atoms with Crippen LogP contribution in [0.3, 0.4) is 0 Å². The molecule has 44 heavy (non-hydrogen) atoms. The molecule has 212 valence electrons. The second kappa shape index (κ2) is 10.1. The van der Waals surface area contributed by atoms with Crippen molar-refractivity contribution in [1.82, 2.24) is 14.5 Å². The van der Waals surface area contributed by atoms with E-state index in [2.05, 4.69) is 135 Å². The van der Waals surface area contributed by atoms with Gasteiger partial charge < -0.3 is 4.42 Å². The molecule has 0 amide bonds. The maximum atomic E-state index is 6.60. The molecule has 0 atom stereocenters. The third-order valence-corrected chi connectivity index (χ3v) is 8.39. The Morgan fingerprint density at radius 2 is 1.32 bits per heavy atom. The molecular weight excluding hydrogens is 538 g/mol. The summed E-state index contributed by atoms with van der Waals surface area (Å²) < 4.78 is 8.90. The van der Waals surface area contributed by atoms with Crippen LogP contribution in [0.15, 0.2) is 138 Å². The average Bonchev–Trinajstić information content (AvgIpc) is 3.63. The van der Waals surface area contributed by atoms with Crippen LogP contribution >= 0.6 is 0 Å². The molecule has 0 unspecified atom stereocenters. The number of nitrogens with zero attached hydrogens (tertiary/aromatic N) is 3. The molecular formula is C40H31N3O. The van der Waals surface area contributed by atoms with Crippen LogP contribution < -0.4 is 0 Å². The van der Waals surface area contributed by atoms with E-state index in [0.717, 1.165) is 55.7 Å². The summed E-state index contributed by atoms with van der Waals surface area (Å²) in [5.41, 5.74) is 10.9. The molecule has 8 aromatic rings. The van der Waals surface area contributed by atoms with Gasteiger partial charge in [-0.25, -0.2) is 9.97 Å². The maximum Gasteiger partial charge on any atom is 0.227 e. The second-order valence-corrected chi connectivity index (χ2v) is 12.3. The Labute approximate surface area is 256 Å². The Balaban J connectivity index is 1.38. The fraction of sp³-hybridized carbons (Fsp3) is 0.100. The molecule has 4 nitrogen and oxygen atoms in total. The molecule has 4 heteroatoms. The van der Waals surface area contributed by atoms with E-state index in [4.69, 9.17) is 14.4 Å². The summed E-state index contributed by atoms with van der Waals surface area (Å²) in [6, 6.07) is 46.4. The standard InChI is InChI=1S/C40H31N3O/c1-40(2,3)32-25-28(26-13-6-4-7-14-26)21-24-35(32)43-36-20-11-10-19-34(36)41-38(43)31-18-12-17-29-30-22-23-33(27-15-8-5-9-16-27)42-39(30)44-37(29)31/h4-25H,1-3H3. The van der Waals surface area contributed by atoms with Gasteiger partial charge in [0.2, 0.25) is 5.71 Å². The summed E-state index contributed by atoms with van der Waals surface area (Å²) in [6.45, 7) is 6.82. The van der Waals surface area contributed by atoms with Crippen molar-refractivity contribution in [1.29, 1.82) is 0 Å². The summed E-state index contributed by atoms with van der Waals surface area (Å²) in [5, 5.41) is 2.02. The minimum atomic E-state index is -0.119. The van der Waals surface area contributed by atoms with Crippen LogP contribution in [-0.4, -0.2) is 14.5 Å². The SMILES string of the molecule is CC(C)(C)c1cc(-c2ccccc2)ccc1-n1c(-c2cccc3c2oc2nc(-c4ccccc4)ccc23)nc2ccccc21. The van der Waals surface area contributed by atoms with E-state index in [-0.39, 0.29) is 5.41 Å². The number of imidazole rings is 1. The third-order valence-electron chi connectivity index (χ3n) is 8.39. The van der Waals surface area contributed by atoms with Crippen molar-refractivity contribution < 1.29 is 4.42 Å². The number of furan rings is 1. The lowest BCUT2D eigenvalue weighted by atomic mass is 9.84. The molecule has 0 bridgehead atoms.